The lowest BCUT2D eigenvalue weighted by Crippen LogP contribution is -2.14. The van der Waals surface area contributed by atoms with Crippen molar-refractivity contribution in [3.05, 3.63) is 36.5 Å². The van der Waals surface area contributed by atoms with E-state index in [1.165, 1.54) is 18.7 Å². The van der Waals surface area contributed by atoms with Crippen LogP contribution in [-0.4, -0.2) is 14.5 Å². The van der Waals surface area contributed by atoms with Crippen molar-refractivity contribution in [2.75, 3.05) is 0 Å². The van der Waals surface area contributed by atoms with E-state index < -0.39 is 0 Å². The molecule has 0 radical (unpaired) electrons. The molecule has 3 rings (SSSR count). The maximum absolute atomic E-state index is 4.71. The summed E-state index contributed by atoms with van der Waals surface area (Å²) in [6.07, 6.45) is 9.44. The van der Waals surface area contributed by atoms with Gasteiger partial charge in [-0.05, 0) is 31.9 Å². The normalized spacial score (nSPS) is 19.4. The third-order valence-electron chi connectivity index (χ3n) is 3.28. The molecule has 0 bridgehead atoms. The Hall–Kier alpha value is -1.64. The molecule has 0 aromatic carbocycles. The van der Waals surface area contributed by atoms with Crippen LogP contribution in [0.4, 0.5) is 0 Å². The van der Waals surface area contributed by atoms with Gasteiger partial charge < -0.3 is 4.57 Å². The predicted molar refractivity (Wildman–Crippen MR) is 63.1 cm³/mol. The van der Waals surface area contributed by atoms with E-state index in [0.717, 1.165) is 17.7 Å². The van der Waals surface area contributed by atoms with Crippen LogP contribution >= 0.6 is 0 Å². The molecule has 0 unspecified atom stereocenters. The number of aromatic nitrogens is 3. The quantitative estimate of drug-likeness (QED) is 0.729. The van der Waals surface area contributed by atoms with E-state index >= 15 is 0 Å². The molecule has 3 heteroatoms. The van der Waals surface area contributed by atoms with E-state index in [1.54, 1.807) is 0 Å². The van der Waals surface area contributed by atoms with Crippen LogP contribution in [-0.2, 0) is 6.42 Å². The number of rotatable bonds is 1. The Morgan fingerprint density at radius 2 is 2.12 bits per heavy atom. The van der Waals surface area contributed by atoms with Gasteiger partial charge in [-0.25, -0.2) is 4.98 Å². The standard InChI is InChI=1S/C13H15N3/c1-10-3-2-4-13-15-12(9-16(10)13)11-5-7-14-8-6-11/h5-10H,2-4H2,1H3/t10-/m1/s1. The van der Waals surface area contributed by atoms with E-state index in [2.05, 4.69) is 22.7 Å². The van der Waals surface area contributed by atoms with Crippen LogP contribution in [0.3, 0.4) is 0 Å². The molecule has 1 aliphatic rings. The topological polar surface area (TPSA) is 30.7 Å². The fraction of sp³-hybridized carbons (Fsp3) is 0.385. The highest BCUT2D eigenvalue weighted by Crippen LogP contribution is 2.27. The third-order valence-corrected chi connectivity index (χ3v) is 3.28. The van der Waals surface area contributed by atoms with Crippen molar-refractivity contribution in [1.82, 2.24) is 14.5 Å². The molecule has 0 spiro atoms. The number of nitrogens with zero attached hydrogens (tertiary/aromatic N) is 3. The zero-order valence-electron chi connectivity index (χ0n) is 9.43. The molecule has 82 valence electrons. The minimum Gasteiger partial charge on any atom is -0.331 e. The Morgan fingerprint density at radius 3 is 2.88 bits per heavy atom. The van der Waals surface area contributed by atoms with Gasteiger partial charge >= 0.3 is 0 Å². The van der Waals surface area contributed by atoms with Crippen LogP contribution in [0.25, 0.3) is 11.3 Å². The van der Waals surface area contributed by atoms with Gasteiger partial charge in [-0.1, -0.05) is 0 Å². The molecule has 2 aromatic heterocycles. The van der Waals surface area contributed by atoms with Crippen LogP contribution < -0.4 is 0 Å². The molecule has 1 atom stereocenters. The molecule has 16 heavy (non-hydrogen) atoms. The van der Waals surface area contributed by atoms with E-state index in [4.69, 9.17) is 4.98 Å². The van der Waals surface area contributed by atoms with E-state index in [1.807, 2.05) is 24.5 Å². The first-order valence-corrected chi connectivity index (χ1v) is 5.83. The van der Waals surface area contributed by atoms with Gasteiger partial charge in [-0.2, -0.15) is 0 Å². The second kappa shape index (κ2) is 3.74. The van der Waals surface area contributed by atoms with Gasteiger partial charge in [0, 0.05) is 36.6 Å². The Balaban J connectivity index is 2.05. The molecule has 0 amide bonds. The highest BCUT2D eigenvalue weighted by Gasteiger charge is 2.18. The maximum atomic E-state index is 4.71. The molecule has 1 aliphatic heterocycles. The fourth-order valence-electron chi connectivity index (χ4n) is 2.35. The van der Waals surface area contributed by atoms with Crippen molar-refractivity contribution < 1.29 is 0 Å². The first kappa shape index (κ1) is 9.58. The molecule has 3 heterocycles. The Morgan fingerprint density at radius 1 is 1.31 bits per heavy atom. The minimum absolute atomic E-state index is 0.590. The average Bonchev–Trinajstić information content (AvgIpc) is 2.76. The molecule has 2 aromatic rings. The van der Waals surface area contributed by atoms with E-state index in [9.17, 15) is 0 Å². The Kier molecular flexibility index (Phi) is 2.24. The van der Waals surface area contributed by atoms with Crippen molar-refractivity contribution in [2.45, 2.75) is 32.2 Å². The fourth-order valence-corrected chi connectivity index (χ4v) is 2.35. The number of imidazole rings is 1. The van der Waals surface area contributed by atoms with Crippen molar-refractivity contribution in [3.8, 4) is 11.3 Å². The summed E-state index contributed by atoms with van der Waals surface area (Å²) < 4.78 is 2.32. The second-order valence-corrected chi connectivity index (χ2v) is 4.43. The summed E-state index contributed by atoms with van der Waals surface area (Å²) in [6, 6.07) is 4.62. The molecule has 0 fully saturated rings. The molecule has 0 saturated heterocycles. The van der Waals surface area contributed by atoms with Gasteiger partial charge in [0.1, 0.15) is 5.82 Å². The summed E-state index contributed by atoms with van der Waals surface area (Å²) in [7, 11) is 0. The lowest BCUT2D eigenvalue weighted by molar-refractivity contribution is 0.426. The number of fused-ring (bicyclic) bond motifs is 1. The number of pyridine rings is 1. The summed E-state index contributed by atoms with van der Waals surface area (Å²) in [5, 5.41) is 0. The number of hydrogen-bond donors (Lipinski definition) is 0. The van der Waals surface area contributed by atoms with Crippen LogP contribution in [0, 0.1) is 0 Å². The van der Waals surface area contributed by atoms with Gasteiger partial charge in [0.2, 0.25) is 0 Å². The highest BCUT2D eigenvalue weighted by molar-refractivity contribution is 5.57. The Labute approximate surface area is 95.2 Å². The maximum Gasteiger partial charge on any atom is 0.109 e. The van der Waals surface area contributed by atoms with Gasteiger partial charge in [-0.3, -0.25) is 4.98 Å². The Bertz CT molecular complexity index is 487. The van der Waals surface area contributed by atoms with Crippen molar-refractivity contribution in [2.24, 2.45) is 0 Å². The summed E-state index contributed by atoms with van der Waals surface area (Å²) in [5.74, 6) is 1.23. The van der Waals surface area contributed by atoms with E-state index in [-0.39, 0.29) is 0 Å². The molecule has 0 aliphatic carbocycles. The molecule has 0 saturated carbocycles. The van der Waals surface area contributed by atoms with Crippen LogP contribution in [0.1, 0.15) is 31.6 Å². The van der Waals surface area contributed by atoms with Gasteiger partial charge in [0.05, 0.1) is 5.69 Å². The van der Waals surface area contributed by atoms with Crippen LogP contribution in [0.5, 0.6) is 0 Å². The summed E-state index contributed by atoms with van der Waals surface area (Å²) in [4.78, 5) is 8.74. The highest BCUT2D eigenvalue weighted by atomic mass is 15.1. The largest absolute Gasteiger partial charge is 0.331 e. The zero-order chi connectivity index (χ0) is 11.0. The second-order valence-electron chi connectivity index (χ2n) is 4.43. The minimum atomic E-state index is 0.590. The summed E-state index contributed by atoms with van der Waals surface area (Å²) >= 11 is 0. The van der Waals surface area contributed by atoms with Crippen LogP contribution in [0.15, 0.2) is 30.7 Å². The van der Waals surface area contributed by atoms with Crippen molar-refractivity contribution in [1.29, 1.82) is 0 Å². The first-order chi connectivity index (χ1) is 7.84. The van der Waals surface area contributed by atoms with Crippen LogP contribution in [0.2, 0.25) is 0 Å². The monoisotopic (exact) mass is 213 g/mol. The lowest BCUT2D eigenvalue weighted by Gasteiger charge is -2.20. The summed E-state index contributed by atoms with van der Waals surface area (Å²) in [5.41, 5.74) is 2.23. The van der Waals surface area contributed by atoms with Gasteiger partial charge in [0.15, 0.2) is 0 Å². The number of hydrogen-bond acceptors (Lipinski definition) is 2. The first-order valence-electron chi connectivity index (χ1n) is 5.83. The molecule has 0 N–H and O–H groups in total. The van der Waals surface area contributed by atoms with Crippen molar-refractivity contribution in [3.63, 3.8) is 0 Å². The van der Waals surface area contributed by atoms with Gasteiger partial charge in [-0.15, -0.1) is 0 Å². The average molecular weight is 213 g/mol. The SMILES string of the molecule is C[C@@H]1CCCc2nc(-c3ccncc3)cn21. The lowest BCUT2D eigenvalue weighted by atomic mass is 10.1. The summed E-state index contributed by atoms with van der Waals surface area (Å²) in [6.45, 7) is 2.26. The smallest absolute Gasteiger partial charge is 0.109 e. The van der Waals surface area contributed by atoms with Gasteiger partial charge in [0.25, 0.3) is 0 Å². The molecule has 3 nitrogen and oxygen atoms in total. The zero-order valence-corrected chi connectivity index (χ0v) is 9.43. The molecular formula is C13H15N3. The third kappa shape index (κ3) is 1.52. The van der Waals surface area contributed by atoms with Crippen molar-refractivity contribution >= 4 is 0 Å². The number of aryl methyl sites for hydroxylation is 1. The predicted octanol–water partition coefficient (Wildman–Crippen LogP) is 2.84. The van der Waals surface area contributed by atoms with E-state index in [0.29, 0.717) is 6.04 Å². The molecular weight excluding hydrogens is 198 g/mol.